The molecule has 2 aliphatic rings. The molecule has 9 nitrogen and oxygen atoms in total. The molecule has 1 aliphatic heterocycles. The molecule has 166 valence electrons. The number of nitrogens with one attached hydrogen (secondary N) is 1. The number of halogens is 1. The lowest BCUT2D eigenvalue weighted by atomic mass is 9.81. The molecule has 4 aromatic heterocycles. The van der Waals surface area contributed by atoms with E-state index in [-0.39, 0.29) is 28.8 Å². The van der Waals surface area contributed by atoms with Crippen LogP contribution in [0.25, 0.3) is 17.2 Å². The Kier molecular flexibility index (Phi) is 4.20. The molecule has 1 saturated carbocycles. The summed E-state index contributed by atoms with van der Waals surface area (Å²) in [6.45, 7) is 1.60. The van der Waals surface area contributed by atoms with Gasteiger partial charge in [0.2, 0.25) is 11.8 Å². The molecule has 1 amide bonds. The van der Waals surface area contributed by atoms with Crippen LogP contribution < -0.4 is 5.32 Å². The number of nitrogens with zero attached hydrogens (tertiary/aromatic N) is 6. The van der Waals surface area contributed by atoms with E-state index in [9.17, 15) is 14.3 Å². The van der Waals surface area contributed by atoms with Gasteiger partial charge in [-0.3, -0.25) is 9.78 Å². The number of amides is 1. The lowest BCUT2D eigenvalue weighted by Crippen LogP contribution is -2.33. The zero-order valence-corrected chi connectivity index (χ0v) is 17.8. The number of pyridine rings is 1. The molecule has 1 fully saturated rings. The minimum atomic E-state index is -1.36. The van der Waals surface area contributed by atoms with E-state index < -0.39 is 17.1 Å². The summed E-state index contributed by atoms with van der Waals surface area (Å²) in [6, 6.07) is 2.64. The van der Waals surface area contributed by atoms with Crippen LogP contribution in [0.1, 0.15) is 43.1 Å². The van der Waals surface area contributed by atoms with Gasteiger partial charge in [0.1, 0.15) is 22.7 Å². The zero-order valence-electron chi connectivity index (χ0n) is 17.8. The molecule has 5 heterocycles. The van der Waals surface area contributed by atoms with Gasteiger partial charge in [0, 0.05) is 18.6 Å². The largest absolute Gasteiger partial charge is 0.493 e. The molecular formula is C23H20FN7O2. The third-order valence-corrected chi connectivity index (χ3v) is 6.70. The summed E-state index contributed by atoms with van der Waals surface area (Å²) in [4.78, 5) is 35.0. The van der Waals surface area contributed by atoms with Gasteiger partial charge in [-0.25, -0.2) is 19.3 Å². The van der Waals surface area contributed by atoms with Gasteiger partial charge in [-0.05, 0) is 31.4 Å². The standard InChI is InChI=1S/C23H20FN7O2/c1-23(16-6-5-13(24)10-26-16)17-19(30-22(23)33)28-18(29-21(17)32)15-11-31-8-7-25-20(31)14(27-15)9-12-3-2-4-12/h5-8,10-12H,2-4,9H2,1H3,(H2,28,29,30,32,33). The minimum Gasteiger partial charge on any atom is -0.493 e. The van der Waals surface area contributed by atoms with Crippen LogP contribution in [-0.2, 0) is 16.6 Å². The number of aromatic hydroxyl groups is 1. The first kappa shape index (κ1) is 19.7. The molecule has 1 aliphatic carbocycles. The molecule has 33 heavy (non-hydrogen) atoms. The predicted octanol–water partition coefficient (Wildman–Crippen LogP) is 3.03. The number of carbonyl (C=O) groups is 1. The first-order valence-electron chi connectivity index (χ1n) is 10.8. The molecule has 0 radical (unpaired) electrons. The van der Waals surface area contributed by atoms with E-state index in [1.54, 1.807) is 19.3 Å². The van der Waals surface area contributed by atoms with Crippen LogP contribution in [-0.4, -0.2) is 40.3 Å². The number of aromatic nitrogens is 6. The van der Waals surface area contributed by atoms with Gasteiger partial charge >= 0.3 is 0 Å². The molecule has 0 saturated heterocycles. The Morgan fingerprint density at radius 2 is 2.09 bits per heavy atom. The average molecular weight is 445 g/mol. The van der Waals surface area contributed by atoms with Crippen LogP contribution >= 0.6 is 0 Å². The smallest absolute Gasteiger partial charge is 0.242 e. The van der Waals surface area contributed by atoms with Crippen molar-refractivity contribution in [2.75, 3.05) is 5.32 Å². The SMILES string of the molecule is CC1(c2ccc(F)cn2)C(=O)Nc2nc(-c3cn4ccnc4c(CC4CCC4)n3)nc(O)c21. The topological polar surface area (TPSA) is 118 Å². The Labute approximate surface area is 187 Å². The van der Waals surface area contributed by atoms with E-state index in [0.29, 0.717) is 11.6 Å². The van der Waals surface area contributed by atoms with Crippen molar-refractivity contribution in [2.24, 2.45) is 5.92 Å². The summed E-state index contributed by atoms with van der Waals surface area (Å²) < 4.78 is 15.3. The summed E-state index contributed by atoms with van der Waals surface area (Å²) in [7, 11) is 0. The molecule has 4 aromatic rings. The van der Waals surface area contributed by atoms with Crippen LogP contribution in [0.5, 0.6) is 5.88 Å². The molecule has 10 heteroatoms. The minimum absolute atomic E-state index is 0.184. The van der Waals surface area contributed by atoms with Crippen molar-refractivity contribution in [2.45, 2.75) is 38.0 Å². The number of carbonyl (C=O) groups excluding carboxylic acids is 1. The fourth-order valence-corrected chi connectivity index (χ4v) is 4.59. The van der Waals surface area contributed by atoms with E-state index >= 15 is 0 Å². The van der Waals surface area contributed by atoms with E-state index in [2.05, 4.69) is 25.3 Å². The molecule has 6 rings (SSSR count). The summed E-state index contributed by atoms with van der Waals surface area (Å²) in [5.74, 6) is -0.337. The monoisotopic (exact) mass is 445 g/mol. The van der Waals surface area contributed by atoms with Gasteiger partial charge in [0.15, 0.2) is 11.5 Å². The highest BCUT2D eigenvalue weighted by atomic mass is 19.1. The number of hydrogen-bond acceptors (Lipinski definition) is 7. The van der Waals surface area contributed by atoms with E-state index in [4.69, 9.17) is 4.98 Å². The Bertz CT molecular complexity index is 1410. The van der Waals surface area contributed by atoms with Crippen LogP contribution in [0, 0.1) is 11.7 Å². The predicted molar refractivity (Wildman–Crippen MR) is 116 cm³/mol. The maximum Gasteiger partial charge on any atom is 0.242 e. The first-order valence-corrected chi connectivity index (χ1v) is 10.8. The highest BCUT2D eigenvalue weighted by Crippen LogP contribution is 2.45. The van der Waals surface area contributed by atoms with Crippen molar-refractivity contribution in [3.8, 4) is 17.4 Å². The highest BCUT2D eigenvalue weighted by Gasteiger charge is 2.49. The summed E-state index contributed by atoms with van der Waals surface area (Å²) >= 11 is 0. The van der Waals surface area contributed by atoms with Gasteiger partial charge in [0.05, 0.1) is 23.1 Å². The number of anilines is 1. The average Bonchev–Trinajstić information content (AvgIpc) is 3.34. The number of imidazole rings is 1. The zero-order chi connectivity index (χ0) is 22.7. The molecule has 1 unspecified atom stereocenters. The quantitative estimate of drug-likeness (QED) is 0.496. The van der Waals surface area contributed by atoms with Gasteiger partial charge in [0.25, 0.3) is 0 Å². The van der Waals surface area contributed by atoms with Crippen molar-refractivity contribution in [1.29, 1.82) is 0 Å². The van der Waals surface area contributed by atoms with E-state index in [1.165, 1.54) is 31.4 Å². The second kappa shape index (κ2) is 7.03. The van der Waals surface area contributed by atoms with Crippen LogP contribution in [0.2, 0.25) is 0 Å². The van der Waals surface area contributed by atoms with Gasteiger partial charge in [-0.1, -0.05) is 19.3 Å². The number of fused-ring (bicyclic) bond motifs is 2. The lowest BCUT2D eigenvalue weighted by Gasteiger charge is -2.25. The summed E-state index contributed by atoms with van der Waals surface area (Å²) in [6.07, 6.45) is 10.7. The Morgan fingerprint density at radius 1 is 1.24 bits per heavy atom. The Morgan fingerprint density at radius 3 is 2.82 bits per heavy atom. The number of rotatable bonds is 4. The van der Waals surface area contributed by atoms with E-state index in [1.807, 2.05) is 10.6 Å². The number of hydrogen-bond donors (Lipinski definition) is 2. The van der Waals surface area contributed by atoms with Crippen molar-refractivity contribution in [3.63, 3.8) is 0 Å². The Hall–Kier alpha value is -3.95. The van der Waals surface area contributed by atoms with Crippen molar-refractivity contribution in [1.82, 2.24) is 29.3 Å². The molecular weight excluding hydrogens is 425 g/mol. The summed E-state index contributed by atoms with van der Waals surface area (Å²) in [5.41, 5.74) is 1.24. The van der Waals surface area contributed by atoms with Gasteiger partial charge < -0.3 is 14.8 Å². The highest BCUT2D eigenvalue weighted by molar-refractivity contribution is 6.08. The molecule has 0 spiro atoms. The van der Waals surface area contributed by atoms with Crippen molar-refractivity contribution < 1.29 is 14.3 Å². The fraction of sp³-hybridized carbons (Fsp3) is 0.304. The van der Waals surface area contributed by atoms with E-state index in [0.717, 1.165) is 24.0 Å². The van der Waals surface area contributed by atoms with Crippen LogP contribution in [0.15, 0.2) is 36.9 Å². The molecule has 0 aromatic carbocycles. The molecule has 2 N–H and O–H groups in total. The maximum atomic E-state index is 13.4. The Balaban J connectivity index is 1.46. The fourth-order valence-electron chi connectivity index (χ4n) is 4.59. The van der Waals surface area contributed by atoms with Crippen LogP contribution in [0.3, 0.4) is 0 Å². The third-order valence-electron chi connectivity index (χ3n) is 6.70. The molecule has 0 bridgehead atoms. The molecule has 1 atom stereocenters. The van der Waals surface area contributed by atoms with Crippen molar-refractivity contribution in [3.05, 3.63) is 59.7 Å². The summed E-state index contributed by atoms with van der Waals surface area (Å²) in [5, 5.41) is 13.6. The van der Waals surface area contributed by atoms with Gasteiger partial charge in [-0.15, -0.1) is 0 Å². The maximum absolute atomic E-state index is 13.4. The van der Waals surface area contributed by atoms with Crippen molar-refractivity contribution >= 4 is 17.4 Å². The third kappa shape index (κ3) is 2.97. The lowest BCUT2D eigenvalue weighted by molar-refractivity contribution is -0.119. The van der Waals surface area contributed by atoms with Gasteiger partial charge in [-0.2, -0.15) is 4.98 Å². The van der Waals surface area contributed by atoms with Crippen LogP contribution in [0.4, 0.5) is 10.2 Å². The second-order valence-electron chi connectivity index (χ2n) is 8.77. The normalized spacial score (nSPS) is 20.0. The second-order valence-corrected chi connectivity index (χ2v) is 8.77. The first-order chi connectivity index (χ1) is 15.9.